The van der Waals surface area contributed by atoms with Crippen LogP contribution in [0.5, 0.6) is 0 Å². The van der Waals surface area contributed by atoms with Crippen LogP contribution < -0.4 is 11.1 Å². The zero-order valence-electron chi connectivity index (χ0n) is 10.2. The van der Waals surface area contributed by atoms with E-state index >= 15 is 0 Å². The second kappa shape index (κ2) is 6.15. The highest BCUT2D eigenvalue weighted by Gasteiger charge is 2.26. The van der Waals surface area contributed by atoms with Crippen molar-refractivity contribution in [3.8, 4) is 0 Å². The highest BCUT2D eigenvalue weighted by molar-refractivity contribution is 7.99. The maximum absolute atomic E-state index is 12.4. The molecule has 1 rings (SSSR count). The predicted molar refractivity (Wildman–Crippen MR) is 69.8 cm³/mol. The Bertz CT molecular complexity index is 424. The largest absolute Gasteiger partial charge is 0.323 e. The summed E-state index contributed by atoms with van der Waals surface area (Å²) in [4.78, 5) is 12.2. The summed E-state index contributed by atoms with van der Waals surface area (Å²) in [7, 11) is 0. The molecule has 1 atom stereocenters. The van der Waals surface area contributed by atoms with Crippen LogP contribution in [0.15, 0.2) is 29.2 Å². The Balaban J connectivity index is 2.87. The molecule has 1 amide bonds. The quantitative estimate of drug-likeness (QED) is 0.811. The van der Waals surface area contributed by atoms with Gasteiger partial charge in [0.2, 0.25) is 5.91 Å². The Hall–Kier alpha value is -1.14. The number of hydrogen-bond donors (Lipinski definition) is 2. The Kier molecular flexibility index (Phi) is 5.10. The van der Waals surface area contributed by atoms with Crippen LogP contribution in [-0.2, 0) is 4.79 Å². The van der Waals surface area contributed by atoms with Crippen LogP contribution in [0.25, 0.3) is 0 Å². The van der Waals surface area contributed by atoms with Crippen molar-refractivity contribution in [2.24, 2.45) is 5.73 Å². The summed E-state index contributed by atoms with van der Waals surface area (Å²) in [6, 6.07) is 6.42. The number of amides is 1. The lowest BCUT2D eigenvalue weighted by Crippen LogP contribution is -2.47. The summed E-state index contributed by atoms with van der Waals surface area (Å²) in [6.45, 7) is 3.39. The number of carbonyl (C=O) groups excluding carboxylic acids is 1. The fourth-order valence-corrected chi connectivity index (χ4v) is 1.79. The summed E-state index contributed by atoms with van der Waals surface area (Å²) < 4.78 is 24.7. The lowest BCUT2D eigenvalue weighted by molar-refractivity contribution is -0.120. The Morgan fingerprint density at radius 2 is 2.11 bits per heavy atom. The predicted octanol–water partition coefficient (Wildman–Crippen LogP) is 3.07. The van der Waals surface area contributed by atoms with E-state index in [-0.39, 0.29) is 5.91 Å². The molecule has 3 N–H and O–H groups in total. The maximum atomic E-state index is 12.4. The molecule has 0 fully saturated rings. The van der Waals surface area contributed by atoms with Gasteiger partial charge in [-0.3, -0.25) is 4.79 Å². The van der Waals surface area contributed by atoms with Crippen LogP contribution in [0.1, 0.15) is 20.3 Å². The van der Waals surface area contributed by atoms with Gasteiger partial charge in [0.1, 0.15) is 0 Å². The van der Waals surface area contributed by atoms with E-state index in [0.29, 0.717) is 28.8 Å². The third-order valence-electron chi connectivity index (χ3n) is 2.60. The van der Waals surface area contributed by atoms with Gasteiger partial charge in [0.05, 0.1) is 11.2 Å². The molecule has 1 aromatic carbocycles. The van der Waals surface area contributed by atoms with Crippen LogP contribution in [-0.4, -0.2) is 17.2 Å². The smallest absolute Gasteiger partial charge is 0.288 e. The zero-order valence-corrected chi connectivity index (χ0v) is 11.1. The van der Waals surface area contributed by atoms with Crippen molar-refractivity contribution in [3.05, 3.63) is 24.3 Å². The third-order valence-corrected chi connectivity index (χ3v) is 3.39. The van der Waals surface area contributed by atoms with Crippen LogP contribution in [0.3, 0.4) is 0 Å². The van der Waals surface area contributed by atoms with Gasteiger partial charge in [-0.25, -0.2) is 0 Å². The number of alkyl halides is 2. The maximum Gasteiger partial charge on any atom is 0.288 e. The molecule has 0 heterocycles. The van der Waals surface area contributed by atoms with E-state index < -0.39 is 11.3 Å². The van der Waals surface area contributed by atoms with E-state index in [4.69, 9.17) is 5.73 Å². The number of nitrogens with two attached hydrogens (primary N) is 1. The average molecular weight is 274 g/mol. The number of thioether (sulfide) groups is 1. The summed E-state index contributed by atoms with van der Waals surface area (Å²) in [5.74, 6) is -2.91. The van der Waals surface area contributed by atoms with Gasteiger partial charge < -0.3 is 11.1 Å². The first-order valence-corrected chi connectivity index (χ1v) is 6.39. The highest BCUT2D eigenvalue weighted by atomic mass is 32.2. The monoisotopic (exact) mass is 274 g/mol. The fourth-order valence-electron chi connectivity index (χ4n) is 1.19. The number of carbonyl (C=O) groups is 1. The normalized spacial score (nSPS) is 14.3. The van der Waals surface area contributed by atoms with Crippen LogP contribution in [0, 0.1) is 0 Å². The van der Waals surface area contributed by atoms with Crippen LogP contribution >= 0.6 is 11.8 Å². The standard InChI is InChI=1S/C12H16F2N2OS/c1-3-12(2,15)10(17)16-8-6-4-5-7-9(8)18-11(13)14/h4-7,11H,3,15H2,1-2H3,(H,16,17). The third kappa shape index (κ3) is 3.96. The minimum Gasteiger partial charge on any atom is -0.323 e. The molecule has 0 radical (unpaired) electrons. The molecule has 1 unspecified atom stereocenters. The number of hydrogen-bond acceptors (Lipinski definition) is 3. The number of nitrogens with one attached hydrogen (secondary N) is 1. The molecule has 0 saturated carbocycles. The number of benzene rings is 1. The van der Waals surface area contributed by atoms with E-state index in [1.165, 1.54) is 6.07 Å². The minimum atomic E-state index is -2.53. The SMILES string of the molecule is CCC(C)(N)C(=O)Nc1ccccc1SC(F)F. The summed E-state index contributed by atoms with van der Waals surface area (Å²) in [6.07, 6.45) is 0.461. The van der Waals surface area contributed by atoms with E-state index in [9.17, 15) is 13.6 Å². The molecule has 0 aliphatic carbocycles. The molecule has 0 spiro atoms. The van der Waals surface area contributed by atoms with Gasteiger partial charge in [0, 0.05) is 4.90 Å². The topological polar surface area (TPSA) is 55.1 Å². The van der Waals surface area contributed by atoms with Gasteiger partial charge in [-0.05, 0) is 25.5 Å². The highest BCUT2D eigenvalue weighted by Crippen LogP contribution is 2.31. The van der Waals surface area contributed by atoms with E-state index in [2.05, 4.69) is 5.32 Å². The summed E-state index contributed by atoms with van der Waals surface area (Å²) in [5.41, 5.74) is 5.14. The molecule has 100 valence electrons. The first-order valence-electron chi connectivity index (χ1n) is 5.51. The van der Waals surface area contributed by atoms with Gasteiger partial charge in [0.25, 0.3) is 5.76 Å². The van der Waals surface area contributed by atoms with Gasteiger partial charge in [-0.1, -0.05) is 30.8 Å². The second-order valence-electron chi connectivity index (χ2n) is 4.10. The summed E-state index contributed by atoms with van der Waals surface area (Å²) in [5, 5.41) is 2.59. The molecule has 0 saturated heterocycles. The van der Waals surface area contributed by atoms with Crippen molar-refractivity contribution < 1.29 is 13.6 Å². The van der Waals surface area contributed by atoms with E-state index in [1.807, 2.05) is 0 Å². The molecule has 1 aromatic rings. The Labute approximate surface area is 109 Å². The van der Waals surface area contributed by atoms with Crippen molar-refractivity contribution >= 4 is 23.4 Å². The number of halogens is 2. The van der Waals surface area contributed by atoms with Crippen molar-refractivity contribution in [1.82, 2.24) is 0 Å². The number of para-hydroxylation sites is 1. The lowest BCUT2D eigenvalue weighted by Gasteiger charge is -2.22. The molecule has 18 heavy (non-hydrogen) atoms. The van der Waals surface area contributed by atoms with Crippen molar-refractivity contribution in [1.29, 1.82) is 0 Å². The Morgan fingerprint density at radius 3 is 2.67 bits per heavy atom. The zero-order chi connectivity index (χ0) is 13.8. The van der Waals surface area contributed by atoms with Gasteiger partial charge >= 0.3 is 0 Å². The second-order valence-corrected chi connectivity index (χ2v) is 5.13. The van der Waals surface area contributed by atoms with Gasteiger partial charge in [-0.2, -0.15) is 8.78 Å². The van der Waals surface area contributed by atoms with Gasteiger partial charge in [-0.15, -0.1) is 0 Å². The average Bonchev–Trinajstić information content (AvgIpc) is 2.31. The minimum absolute atomic E-state index is 0.327. The lowest BCUT2D eigenvalue weighted by atomic mass is 9.99. The molecule has 0 bridgehead atoms. The van der Waals surface area contributed by atoms with Crippen molar-refractivity contribution in [2.45, 2.75) is 36.5 Å². The van der Waals surface area contributed by atoms with E-state index in [1.54, 1.807) is 32.0 Å². The Morgan fingerprint density at radius 1 is 1.50 bits per heavy atom. The fraction of sp³-hybridized carbons (Fsp3) is 0.417. The van der Waals surface area contributed by atoms with Gasteiger partial charge in [0.15, 0.2) is 0 Å². The van der Waals surface area contributed by atoms with E-state index in [0.717, 1.165) is 0 Å². The molecule has 0 aromatic heterocycles. The number of rotatable bonds is 5. The molecule has 6 heteroatoms. The number of anilines is 1. The molecule has 3 nitrogen and oxygen atoms in total. The van der Waals surface area contributed by atoms with Crippen molar-refractivity contribution in [2.75, 3.05) is 5.32 Å². The summed E-state index contributed by atoms with van der Waals surface area (Å²) >= 11 is 0.396. The molecule has 0 aliphatic rings. The molecular formula is C12H16F2N2OS. The first-order chi connectivity index (χ1) is 8.36. The van der Waals surface area contributed by atoms with Crippen LogP contribution in [0.2, 0.25) is 0 Å². The first kappa shape index (κ1) is 14.9. The van der Waals surface area contributed by atoms with Crippen LogP contribution in [0.4, 0.5) is 14.5 Å². The molecule has 0 aliphatic heterocycles. The molecular weight excluding hydrogens is 258 g/mol. The van der Waals surface area contributed by atoms with Crippen molar-refractivity contribution in [3.63, 3.8) is 0 Å².